The molecule has 112 valence electrons. The third-order valence-electron chi connectivity index (χ3n) is 3.70. The molecule has 1 aromatic heterocycles. The topological polar surface area (TPSA) is 73.7 Å². The van der Waals surface area contributed by atoms with Gasteiger partial charge in [0.05, 0.1) is 23.8 Å². The van der Waals surface area contributed by atoms with Gasteiger partial charge in [0, 0.05) is 18.9 Å². The van der Waals surface area contributed by atoms with Gasteiger partial charge in [-0.1, -0.05) is 24.7 Å². The van der Waals surface area contributed by atoms with Gasteiger partial charge in [-0.2, -0.15) is 0 Å². The molecule has 0 aromatic carbocycles. The molecule has 0 aliphatic carbocycles. The smallest absolute Gasteiger partial charge is 0.255 e. The zero-order valence-corrected chi connectivity index (χ0v) is 12.0. The number of aliphatic hydroxyl groups is 2. The van der Waals surface area contributed by atoms with Crippen LogP contribution in [-0.4, -0.2) is 51.8 Å². The molecule has 21 heavy (non-hydrogen) atoms. The van der Waals surface area contributed by atoms with Crippen LogP contribution in [0, 0.1) is 11.8 Å². The van der Waals surface area contributed by atoms with E-state index in [-0.39, 0.29) is 25.2 Å². The van der Waals surface area contributed by atoms with Gasteiger partial charge in [0.25, 0.3) is 5.91 Å². The van der Waals surface area contributed by atoms with Gasteiger partial charge < -0.3 is 15.1 Å². The Morgan fingerprint density at radius 1 is 1.38 bits per heavy atom. The highest BCUT2D eigenvalue weighted by Gasteiger charge is 2.26. The molecule has 1 amide bonds. The highest BCUT2D eigenvalue weighted by atomic mass is 16.3. The maximum Gasteiger partial charge on any atom is 0.255 e. The first-order valence-corrected chi connectivity index (χ1v) is 7.23. The summed E-state index contributed by atoms with van der Waals surface area (Å²) in [5.41, 5.74) is 0.990. The molecule has 1 fully saturated rings. The lowest BCUT2D eigenvalue weighted by Gasteiger charge is -2.29. The summed E-state index contributed by atoms with van der Waals surface area (Å²) >= 11 is 0. The summed E-state index contributed by atoms with van der Waals surface area (Å²) in [7, 11) is 0. The number of aromatic nitrogens is 1. The Kier molecular flexibility index (Phi) is 5.73. The summed E-state index contributed by atoms with van der Waals surface area (Å²) in [4.78, 5) is 18.5. The minimum Gasteiger partial charge on any atom is -0.394 e. The normalized spacial score (nSPS) is 18.6. The second-order valence-corrected chi connectivity index (χ2v) is 5.07. The van der Waals surface area contributed by atoms with Crippen LogP contribution in [0.5, 0.6) is 0 Å². The van der Waals surface area contributed by atoms with E-state index in [0.29, 0.717) is 17.7 Å². The highest BCUT2D eigenvalue weighted by molar-refractivity contribution is 5.96. The summed E-state index contributed by atoms with van der Waals surface area (Å²) < 4.78 is 0. The van der Waals surface area contributed by atoms with E-state index < -0.39 is 0 Å². The average Bonchev–Trinajstić information content (AvgIpc) is 2.77. The molecule has 1 aliphatic heterocycles. The van der Waals surface area contributed by atoms with E-state index in [4.69, 9.17) is 5.11 Å². The fraction of sp³-hybridized carbons (Fsp3) is 0.500. The molecule has 1 unspecified atom stereocenters. The SMILES string of the molecule is O=C(c1ccncc1C#CCO)N1CCCCCC1CO. The number of hydrogen-bond donors (Lipinski definition) is 2. The van der Waals surface area contributed by atoms with Crippen molar-refractivity contribution in [3.63, 3.8) is 0 Å². The molecule has 2 N–H and O–H groups in total. The first-order valence-electron chi connectivity index (χ1n) is 7.23. The number of carbonyl (C=O) groups is 1. The standard InChI is InChI=1S/C16H20N2O3/c19-10-4-5-13-11-17-8-7-15(13)16(21)18-9-3-1-2-6-14(18)12-20/h7-8,11,14,19-20H,1-3,6,9-10,12H2. The van der Waals surface area contributed by atoms with Crippen LogP contribution in [0.25, 0.3) is 0 Å². The first kappa shape index (κ1) is 15.5. The Bertz CT molecular complexity index is 548. The molecule has 2 rings (SSSR count). The number of carbonyl (C=O) groups excluding carboxylic acids is 1. The minimum atomic E-state index is -0.258. The number of likely N-dealkylation sites (tertiary alicyclic amines) is 1. The highest BCUT2D eigenvalue weighted by Crippen LogP contribution is 2.20. The lowest BCUT2D eigenvalue weighted by atomic mass is 10.1. The van der Waals surface area contributed by atoms with E-state index in [9.17, 15) is 9.90 Å². The van der Waals surface area contributed by atoms with Crippen molar-refractivity contribution < 1.29 is 15.0 Å². The van der Waals surface area contributed by atoms with Crippen LogP contribution in [-0.2, 0) is 0 Å². The van der Waals surface area contributed by atoms with Crippen LogP contribution >= 0.6 is 0 Å². The number of amides is 1. The number of hydrogen-bond acceptors (Lipinski definition) is 4. The maximum absolute atomic E-state index is 12.8. The zero-order valence-electron chi connectivity index (χ0n) is 12.0. The van der Waals surface area contributed by atoms with Crippen molar-refractivity contribution in [1.29, 1.82) is 0 Å². The van der Waals surface area contributed by atoms with Gasteiger partial charge >= 0.3 is 0 Å². The molecule has 1 atom stereocenters. The van der Waals surface area contributed by atoms with E-state index in [1.807, 2.05) is 0 Å². The molecule has 1 aromatic rings. The largest absolute Gasteiger partial charge is 0.394 e. The van der Waals surface area contributed by atoms with Gasteiger partial charge in [-0.05, 0) is 18.9 Å². The molecule has 2 heterocycles. The number of pyridine rings is 1. The van der Waals surface area contributed by atoms with Gasteiger partial charge in [0.2, 0.25) is 0 Å². The zero-order chi connectivity index (χ0) is 15.1. The second-order valence-electron chi connectivity index (χ2n) is 5.07. The number of rotatable bonds is 2. The minimum absolute atomic E-state index is 0.0194. The van der Waals surface area contributed by atoms with Crippen LogP contribution in [0.4, 0.5) is 0 Å². The number of aliphatic hydroxyl groups excluding tert-OH is 2. The average molecular weight is 288 g/mol. The summed E-state index contributed by atoms with van der Waals surface area (Å²) in [5.74, 6) is 5.18. The molecule has 1 aliphatic rings. The monoisotopic (exact) mass is 288 g/mol. The van der Waals surface area contributed by atoms with Crippen molar-refractivity contribution in [2.45, 2.75) is 31.7 Å². The van der Waals surface area contributed by atoms with Crippen molar-refractivity contribution >= 4 is 5.91 Å². The number of nitrogens with zero attached hydrogens (tertiary/aromatic N) is 2. The van der Waals surface area contributed by atoms with Gasteiger partial charge in [-0.3, -0.25) is 9.78 Å². The summed E-state index contributed by atoms with van der Waals surface area (Å²) in [6, 6.07) is 1.51. The van der Waals surface area contributed by atoms with Crippen molar-refractivity contribution in [2.75, 3.05) is 19.8 Å². The quantitative estimate of drug-likeness (QED) is 0.790. The molecule has 0 saturated carbocycles. The fourth-order valence-electron chi connectivity index (χ4n) is 2.60. The predicted octanol–water partition coefficient (Wildman–Crippen LogP) is 0.802. The molecule has 5 nitrogen and oxygen atoms in total. The van der Waals surface area contributed by atoms with E-state index >= 15 is 0 Å². The molecule has 0 spiro atoms. The Labute approximate surface area is 124 Å². The van der Waals surface area contributed by atoms with Crippen LogP contribution < -0.4 is 0 Å². The Morgan fingerprint density at radius 2 is 2.24 bits per heavy atom. The van der Waals surface area contributed by atoms with Gasteiger partial charge in [-0.25, -0.2) is 0 Å². The van der Waals surface area contributed by atoms with Crippen molar-refractivity contribution in [1.82, 2.24) is 9.88 Å². The lowest BCUT2D eigenvalue weighted by Crippen LogP contribution is -2.42. The van der Waals surface area contributed by atoms with Gasteiger partial charge in [-0.15, -0.1) is 0 Å². The first-order chi connectivity index (χ1) is 10.3. The van der Waals surface area contributed by atoms with Crippen molar-refractivity contribution in [3.05, 3.63) is 29.6 Å². The third-order valence-corrected chi connectivity index (χ3v) is 3.70. The van der Waals surface area contributed by atoms with Crippen molar-refractivity contribution in [3.8, 4) is 11.8 Å². The molecule has 1 saturated heterocycles. The summed E-state index contributed by atoms with van der Waals surface area (Å²) in [6.07, 6.45) is 6.97. The van der Waals surface area contributed by atoms with E-state index in [0.717, 1.165) is 25.7 Å². The Balaban J connectivity index is 2.29. The Morgan fingerprint density at radius 3 is 3.00 bits per heavy atom. The summed E-state index contributed by atoms with van der Waals surface area (Å²) in [6.45, 7) is 0.374. The maximum atomic E-state index is 12.8. The van der Waals surface area contributed by atoms with Crippen LogP contribution in [0.15, 0.2) is 18.5 Å². The summed E-state index contributed by atoms with van der Waals surface area (Å²) in [5, 5.41) is 18.3. The third kappa shape index (κ3) is 3.81. The molecular formula is C16H20N2O3. The molecule has 0 bridgehead atoms. The second kappa shape index (κ2) is 7.77. The molecule has 5 heteroatoms. The van der Waals surface area contributed by atoms with Gasteiger partial charge in [0.15, 0.2) is 0 Å². The van der Waals surface area contributed by atoms with Crippen LogP contribution in [0.2, 0.25) is 0 Å². The van der Waals surface area contributed by atoms with E-state index in [1.54, 1.807) is 17.2 Å². The molecular weight excluding hydrogens is 268 g/mol. The Hall–Kier alpha value is -1.90. The van der Waals surface area contributed by atoms with E-state index in [2.05, 4.69) is 16.8 Å². The molecule has 0 radical (unpaired) electrons. The van der Waals surface area contributed by atoms with Crippen LogP contribution in [0.3, 0.4) is 0 Å². The predicted molar refractivity (Wildman–Crippen MR) is 78.6 cm³/mol. The van der Waals surface area contributed by atoms with Crippen LogP contribution in [0.1, 0.15) is 41.6 Å². The van der Waals surface area contributed by atoms with Gasteiger partial charge in [0.1, 0.15) is 6.61 Å². The lowest BCUT2D eigenvalue weighted by molar-refractivity contribution is 0.0599. The fourth-order valence-corrected chi connectivity index (χ4v) is 2.60. The van der Waals surface area contributed by atoms with Crippen molar-refractivity contribution in [2.24, 2.45) is 0 Å². The van der Waals surface area contributed by atoms with E-state index in [1.165, 1.54) is 6.20 Å².